The van der Waals surface area contributed by atoms with Gasteiger partial charge in [-0.05, 0) is 72.4 Å². The van der Waals surface area contributed by atoms with Crippen LogP contribution < -0.4 is 9.47 Å². The molecule has 0 amide bonds. The van der Waals surface area contributed by atoms with E-state index in [4.69, 9.17) is 9.47 Å². The monoisotopic (exact) mass is 356 g/mol. The molecule has 2 unspecified atom stereocenters. The molecular weight excluding hydrogens is 324 g/mol. The molecule has 0 aromatic heterocycles. The highest BCUT2D eigenvalue weighted by Crippen LogP contribution is 2.39. The fourth-order valence-electron chi connectivity index (χ4n) is 3.85. The van der Waals surface area contributed by atoms with Crippen molar-refractivity contribution < 1.29 is 14.6 Å². The van der Waals surface area contributed by atoms with Gasteiger partial charge in [0.05, 0.1) is 14.2 Å². The van der Waals surface area contributed by atoms with Crippen LogP contribution in [0.25, 0.3) is 0 Å². The average molecular weight is 357 g/mol. The fraction of sp³-hybridized carbons (Fsp3) is 0.478. The van der Waals surface area contributed by atoms with E-state index in [1.54, 1.807) is 14.2 Å². The Hall–Kier alpha value is -2.00. The molecular formula is C23H32O3. The zero-order valence-corrected chi connectivity index (χ0v) is 16.5. The first kappa shape index (κ1) is 20.3. The molecule has 1 N–H and O–H groups in total. The zero-order valence-electron chi connectivity index (χ0n) is 16.5. The van der Waals surface area contributed by atoms with Crippen LogP contribution in [0.4, 0.5) is 0 Å². The van der Waals surface area contributed by atoms with Crippen molar-refractivity contribution in [2.45, 2.75) is 51.4 Å². The van der Waals surface area contributed by atoms with Crippen molar-refractivity contribution in [2.75, 3.05) is 20.8 Å². The summed E-state index contributed by atoms with van der Waals surface area (Å²) >= 11 is 0. The summed E-state index contributed by atoms with van der Waals surface area (Å²) < 4.78 is 10.8. The van der Waals surface area contributed by atoms with Crippen LogP contribution in [-0.4, -0.2) is 25.9 Å². The quantitative estimate of drug-likeness (QED) is 0.626. The molecule has 0 heterocycles. The molecule has 2 atom stereocenters. The summed E-state index contributed by atoms with van der Waals surface area (Å²) in [5, 5.41) is 9.18. The normalized spacial score (nSPS) is 13.3. The van der Waals surface area contributed by atoms with Crippen molar-refractivity contribution >= 4 is 0 Å². The number of rotatable bonds is 10. The van der Waals surface area contributed by atoms with Gasteiger partial charge in [0.1, 0.15) is 11.5 Å². The van der Waals surface area contributed by atoms with E-state index in [0.29, 0.717) is 11.8 Å². The van der Waals surface area contributed by atoms with Crippen LogP contribution in [0.15, 0.2) is 42.5 Å². The summed E-state index contributed by atoms with van der Waals surface area (Å²) in [6.07, 6.45) is 3.76. The summed E-state index contributed by atoms with van der Waals surface area (Å²) in [7, 11) is 3.41. The van der Waals surface area contributed by atoms with Crippen LogP contribution in [0.3, 0.4) is 0 Å². The van der Waals surface area contributed by atoms with E-state index < -0.39 is 0 Å². The highest BCUT2D eigenvalue weighted by atomic mass is 16.5. The summed E-state index contributed by atoms with van der Waals surface area (Å²) in [4.78, 5) is 0. The van der Waals surface area contributed by atoms with Crippen LogP contribution >= 0.6 is 0 Å². The van der Waals surface area contributed by atoms with Gasteiger partial charge >= 0.3 is 0 Å². The van der Waals surface area contributed by atoms with Crippen molar-refractivity contribution in [3.05, 3.63) is 59.2 Å². The molecule has 0 aliphatic heterocycles. The third-order valence-electron chi connectivity index (χ3n) is 5.25. The van der Waals surface area contributed by atoms with Crippen LogP contribution in [-0.2, 0) is 6.42 Å². The van der Waals surface area contributed by atoms with Crippen LogP contribution in [0, 0.1) is 0 Å². The Kier molecular flexibility index (Phi) is 7.99. The molecule has 26 heavy (non-hydrogen) atoms. The van der Waals surface area contributed by atoms with E-state index in [-0.39, 0.29) is 6.61 Å². The summed E-state index contributed by atoms with van der Waals surface area (Å²) in [6, 6.07) is 15.0. The molecule has 0 aliphatic carbocycles. The fourth-order valence-corrected chi connectivity index (χ4v) is 3.85. The number of aliphatic hydroxyl groups is 1. The van der Waals surface area contributed by atoms with E-state index in [2.05, 4.69) is 44.2 Å². The SMILES string of the molecule is CCC(c1ccc(OC)cc1)C(CC)c1ccc(OC)c(CCCO)c1. The number of hydrogen-bond acceptors (Lipinski definition) is 3. The van der Waals surface area contributed by atoms with Crippen molar-refractivity contribution in [2.24, 2.45) is 0 Å². The number of hydrogen-bond donors (Lipinski definition) is 1. The average Bonchev–Trinajstić information content (AvgIpc) is 2.70. The predicted molar refractivity (Wildman–Crippen MR) is 107 cm³/mol. The van der Waals surface area contributed by atoms with E-state index in [9.17, 15) is 5.11 Å². The van der Waals surface area contributed by atoms with Gasteiger partial charge in [0, 0.05) is 6.61 Å². The van der Waals surface area contributed by atoms with Gasteiger partial charge in [-0.3, -0.25) is 0 Å². The van der Waals surface area contributed by atoms with Gasteiger partial charge in [-0.15, -0.1) is 0 Å². The standard InChI is InChI=1S/C23H32O3/c1-5-21(17-9-12-20(25-3)13-10-17)22(6-2)18-11-14-23(26-4)19(16-18)8-7-15-24/h9-14,16,21-22,24H,5-8,15H2,1-4H3. The minimum atomic E-state index is 0.202. The molecule has 142 valence electrons. The van der Waals surface area contributed by atoms with Crippen molar-refractivity contribution in [1.82, 2.24) is 0 Å². The molecule has 0 fully saturated rings. The van der Waals surface area contributed by atoms with Crippen LogP contribution in [0.1, 0.15) is 61.6 Å². The minimum Gasteiger partial charge on any atom is -0.497 e. The van der Waals surface area contributed by atoms with Crippen molar-refractivity contribution in [3.63, 3.8) is 0 Å². The Balaban J connectivity index is 2.34. The summed E-state index contributed by atoms with van der Waals surface area (Å²) in [5.41, 5.74) is 3.89. The Morgan fingerprint density at radius 3 is 2.00 bits per heavy atom. The lowest BCUT2D eigenvalue weighted by atomic mass is 9.78. The summed E-state index contributed by atoms with van der Waals surface area (Å²) in [6.45, 7) is 4.72. The van der Waals surface area contributed by atoms with Gasteiger partial charge in [0.25, 0.3) is 0 Å². The van der Waals surface area contributed by atoms with Gasteiger partial charge in [0.15, 0.2) is 0 Å². The smallest absolute Gasteiger partial charge is 0.122 e. The molecule has 0 bridgehead atoms. The Labute approximate surface area is 158 Å². The number of methoxy groups -OCH3 is 2. The van der Waals surface area contributed by atoms with E-state index >= 15 is 0 Å². The van der Waals surface area contributed by atoms with Crippen LogP contribution in [0.5, 0.6) is 11.5 Å². The third kappa shape index (κ3) is 4.79. The maximum absolute atomic E-state index is 9.18. The minimum absolute atomic E-state index is 0.202. The van der Waals surface area contributed by atoms with Gasteiger partial charge in [-0.25, -0.2) is 0 Å². The van der Waals surface area contributed by atoms with Crippen LogP contribution in [0.2, 0.25) is 0 Å². The van der Waals surface area contributed by atoms with Gasteiger partial charge < -0.3 is 14.6 Å². The van der Waals surface area contributed by atoms with E-state index in [0.717, 1.165) is 37.2 Å². The first-order valence-corrected chi connectivity index (χ1v) is 9.60. The summed E-state index contributed by atoms with van der Waals surface area (Å²) in [5.74, 6) is 2.72. The lowest BCUT2D eigenvalue weighted by Crippen LogP contribution is -2.11. The molecule has 0 radical (unpaired) electrons. The number of ether oxygens (including phenoxy) is 2. The van der Waals surface area contributed by atoms with Gasteiger partial charge in [-0.1, -0.05) is 38.1 Å². The van der Waals surface area contributed by atoms with Crippen molar-refractivity contribution in [3.8, 4) is 11.5 Å². The van der Waals surface area contributed by atoms with Crippen molar-refractivity contribution in [1.29, 1.82) is 0 Å². The lowest BCUT2D eigenvalue weighted by Gasteiger charge is -2.27. The zero-order chi connectivity index (χ0) is 18.9. The molecule has 0 aliphatic rings. The highest BCUT2D eigenvalue weighted by molar-refractivity contribution is 5.40. The van der Waals surface area contributed by atoms with E-state index in [1.165, 1.54) is 16.7 Å². The number of aryl methyl sites for hydroxylation is 1. The lowest BCUT2D eigenvalue weighted by molar-refractivity contribution is 0.287. The first-order chi connectivity index (χ1) is 12.7. The number of aliphatic hydroxyl groups excluding tert-OH is 1. The molecule has 2 aromatic carbocycles. The largest absolute Gasteiger partial charge is 0.497 e. The Morgan fingerprint density at radius 1 is 0.846 bits per heavy atom. The second kappa shape index (κ2) is 10.2. The number of benzene rings is 2. The molecule has 2 aromatic rings. The highest BCUT2D eigenvalue weighted by Gasteiger charge is 2.23. The topological polar surface area (TPSA) is 38.7 Å². The molecule has 3 heteroatoms. The van der Waals surface area contributed by atoms with Gasteiger partial charge in [0.2, 0.25) is 0 Å². The maximum Gasteiger partial charge on any atom is 0.122 e. The molecule has 0 saturated heterocycles. The molecule has 0 spiro atoms. The van der Waals surface area contributed by atoms with E-state index in [1.807, 2.05) is 12.1 Å². The first-order valence-electron chi connectivity index (χ1n) is 9.60. The Bertz CT molecular complexity index is 664. The second-order valence-corrected chi connectivity index (χ2v) is 6.70. The maximum atomic E-state index is 9.18. The predicted octanol–water partition coefficient (Wildman–Crippen LogP) is 5.32. The molecule has 3 nitrogen and oxygen atoms in total. The Morgan fingerprint density at radius 2 is 1.46 bits per heavy atom. The third-order valence-corrected chi connectivity index (χ3v) is 5.25. The van der Waals surface area contributed by atoms with Gasteiger partial charge in [-0.2, -0.15) is 0 Å². The molecule has 0 saturated carbocycles. The molecule has 2 rings (SSSR count). The second-order valence-electron chi connectivity index (χ2n) is 6.70.